The van der Waals surface area contributed by atoms with Crippen LogP contribution in [0.1, 0.15) is 57.5 Å². The summed E-state index contributed by atoms with van der Waals surface area (Å²) >= 11 is 0. The third kappa shape index (κ3) is 8.61. The Morgan fingerprint density at radius 1 is 0.500 bits per heavy atom. The van der Waals surface area contributed by atoms with Gasteiger partial charge in [0.2, 0.25) is 24.4 Å². The summed E-state index contributed by atoms with van der Waals surface area (Å²) in [5.41, 5.74) is 3.53. The maximum absolute atomic E-state index is 13.6. The Morgan fingerprint density at radius 2 is 0.850 bits per heavy atom. The van der Waals surface area contributed by atoms with Crippen LogP contribution in [0.5, 0.6) is 34.5 Å². The smallest absolute Gasteiger partial charge is 0.245 e. The highest BCUT2D eigenvalue weighted by Gasteiger charge is 2.31. The summed E-state index contributed by atoms with van der Waals surface area (Å²) in [6.07, 6.45) is -1.55. The normalized spacial score (nSPS) is 12.9. The average Bonchev–Trinajstić information content (AvgIpc) is 3.85. The summed E-state index contributed by atoms with van der Waals surface area (Å²) in [7, 11) is 0. The fraction of sp³-hybridized carbons (Fsp3) is 0.204. The molecule has 0 amide bonds. The molecule has 0 radical (unpaired) electrons. The number of fused-ring (bicyclic) bond motifs is 2. The van der Waals surface area contributed by atoms with E-state index in [1.54, 1.807) is 12.1 Å². The molecule has 8 rings (SSSR count). The van der Waals surface area contributed by atoms with E-state index in [1.807, 2.05) is 139 Å². The van der Waals surface area contributed by atoms with Crippen LogP contribution in [0.2, 0.25) is 0 Å². The van der Waals surface area contributed by atoms with Gasteiger partial charge in [-0.05, 0) is 97.1 Å². The van der Waals surface area contributed by atoms with Gasteiger partial charge in [-0.1, -0.05) is 65.8 Å². The Labute approximate surface area is 346 Å². The number of rotatable bonds is 12. The summed E-state index contributed by atoms with van der Waals surface area (Å²) < 4.78 is 36.8. The molecule has 0 spiro atoms. The van der Waals surface area contributed by atoms with Gasteiger partial charge in [-0.2, -0.15) is 0 Å². The highest BCUT2D eigenvalue weighted by Crippen LogP contribution is 2.36. The third-order valence-corrected chi connectivity index (χ3v) is 9.60. The molecule has 60 heavy (non-hydrogen) atoms. The number of hydrogen-bond donors (Lipinski definition) is 2. The Bertz CT molecular complexity index is 2540. The molecule has 0 bridgehead atoms. The lowest BCUT2D eigenvalue weighted by Crippen LogP contribution is -2.37. The van der Waals surface area contributed by atoms with E-state index < -0.39 is 29.2 Å². The van der Waals surface area contributed by atoms with Crippen molar-refractivity contribution in [2.75, 3.05) is 0 Å². The first-order valence-corrected chi connectivity index (χ1v) is 19.5. The number of oxazole rings is 2. The zero-order chi connectivity index (χ0) is 42.2. The van der Waals surface area contributed by atoms with Crippen molar-refractivity contribution >= 4 is 28.0 Å². The first kappa shape index (κ1) is 39.6. The lowest BCUT2D eigenvalue weighted by molar-refractivity contribution is -0.0728. The second kappa shape index (κ2) is 15.8. The molecule has 2 N–H and O–H groups in total. The summed E-state index contributed by atoms with van der Waals surface area (Å²) in [6, 6.07) is 38.6. The van der Waals surface area contributed by atoms with Crippen LogP contribution < -0.4 is 18.9 Å². The quantitative estimate of drug-likeness (QED) is 0.0898. The molecule has 6 aromatic carbocycles. The topological polar surface area (TPSA) is 147 Å². The molecule has 11 nitrogen and oxygen atoms in total. The standard InChI is InChI=1S/C49H44N2O9/c1-48(2,3)46(55-31-19-15-29(16-20-31)44-50-37-11-7-9-13-41(37)59-44)57-33-23-25-35(39(52)27-33)43(54)36-26-24-34(28-40(36)53)58-47(49(4,5)6)56-32-21-17-30(18-22-32)45-51-38-12-8-10-14-42(38)60-45/h7-28,46-47,52-53H,1-6H3. The monoisotopic (exact) mass is 804 g/mol. The van der Waals surface area contributed by atoms with Gasteiger partial charge in [0, 0.05) is 34.1 Å². The summed E-state index contributed by atoms with van der Waals surface area (Å²) in [4.78, 5) is 22.8. The van der Waals surface area contributed by atoms with Gasteiger partial charge in [-0.3, -0.25) is 4.79 Å². The molecule has 0 aliphatic rings. The molecule has 8 aromatic rings. The van der Waals surface area contributed by atoms with Gasteiger partial charge in [0.15, 0.2) is 16.9 Å². The molecule has 2 unspecified atom stereocenters. The van der Waals surface area contributed by atoms with Crippen LogP contribution in [-0.2, 0) is 0 Å². The van der Waals surface area contributed by atoms with Crippen molar-refractivity contribution in [3.8, 4) is 57.4 Å². The summed E-state index contributed by atoms with van der Waals surface area (Å²) in [5.74, 6) is 1.46. The third-order valence-electron chi connectivity index (χ3n) is 9.60. The fourth-order valence-corrected chi connectivity index (χ4v) is 6.29. The van der Waals surface area contributed by atoms with Crippen molar-refractivity contribution < 1.29 is 42.8 Å². The molecule has 304 valence electrons. The highest BCUT2D eigenvalue weighted by molar-refractivity contribution is 6.12. The number of para-hydroxylation sites is 4. The average molecular weight is 805 g/mol. The van der Waals surface area contributed by atoms with Crippen LogP contribution >= 0.6 is 0 Å². The molecule has 2 atom stereocenters. The zero-order valence-electron chi connectivity index (χ0n) is 34.0. The predicted octanol–water partition coefficient (Wildman–Crippen LogP) is 11.6. The highest BCUT2D eigenvalue weighted by atomic mass is 16.7. The lowest BCUT2D eigenvalue weighted by Gasteiger charge is -2.31. The van der Waals surface area contributed by atoms with E-state index in [9.17, 15) is 15.0 Å². The molecular weight excluding hydrogens is 761 g/mol. The van der Waals surface area contributed by atoms with E-state index in [1.165, 1.54) is 24.3 Å². The van der Waals surface area contributed by atoms with Crippen LogP contribution in [-0.4, -0.2) is 38.5 Å². The number of benzene rings is 6. The van der Waals surface area contributed by atoms with Gasteiger partial charge < -0.3 is 38.0 Å². The molecule has 11 heteroatoms. The largest absolute Gasteiger partial charge is 0.507 e. The van der Waals surface area contributed by atoms with Crippen LogP contribution in [0, 0.1) is 10.8 Å². The number of ketones is 1. The van der Waals surface area contributed by atoms with Gasteiger partial charge in [-0.15, -0.1) is 0 Å². The molecule has 0 fully saturated rings. The Hall–Kier alpha value is -7.27. The van der Waals surface area contributed by atoms with E-state index in [0.717, 1.165) is 22.2 Å². The molecule has 2 heterocycles. The van der Waals surface area contributed by atoms with Gasteiger partial charge in [0.05, 0.1) is 11.1 Å². The van der Waals surface area contributed by atoms with E-state index in [4.69, 9.17) is 27.8 Å². The Kier molecular flexibility index (Phi) is 10.4. The number of carbonyl (C=O) groups is 1. The molecule has 0 saturated carbocycles. The number of carbonyl (C=O) groups excluding carboxylic acids is 1. The number of aromatic hydroxyl groups is 2. The van der Waals surface area contributed by atoms with Gasteiger partial charge in [-0.25, -0.2) is 9.97 Å². The van der Waals surface area contributed by atoms with Crippen molar-refractivity contribution in [3.63, 3.8) is 0 Å². The molecule has 0 aliphatic heterocycles. The van der Waals surface area contributed by atoms with Crippen molar-refractivity contribution in [1.29, 1.82) is 0 Å². The van der Waals surface area contributed by atoms with Crippen molar-refractivity contribution in [2.24, 2.45) is 10.8 Å². The maximum Gasteiger partial charge on any atom is 0.245 e. The van der Waals surface area contributed by atoms with Crippen LogP contribution in [0.25, 0.3) is 45.1 Å². The molecule has 2 aromatic heterocycles. The van der Waals surface area contributed by atoms with Crippen molar-refractivity contribution in [1.82, 2.24) is 9.97 Å². The molecular formula is C49H44N2O9. The van der Waals surface area contributed by atoms with Crippen LogP contribution in [0.4, 0.5) is 0 Å². The van der Waals surface area contributed by atoms with E-state index in [-0.39, 0.29) is 34.1 Å². The van der Waals surface area contributed by atoms with E-state index in [2.05, 4.69) is 9.97 Å². The minimum atomic E-state index is -0.773. The predicted molar refractivity (Wildman–Crippen MR) is 228 cm³/mol. The Balaban J connectivity index is 0.922. The minimum absolute atomic E-state index is 0.0217. The van der Waals surface area contributed by atoms with Gasteiger partial charge in [0.25, 0.3) is 0 Å². The van der Waals surface area contributed by atoms with E-state index in [0.29, 0.717) is 34.4 Å². The molecule has 0 aliphatic carbocycles. The van der Waals surface area contributed by atoms with Gasteiger partial charge >= 0.3 is 0 Å². The molecule has 0 saturated heterocycles. The number of nitrogens with zero attached hydrogens (tertiary/aromatic N) is 2. The van der Waals surface area contributed by atoms with Gasteiger partial charge in [0.1, 0.15) is 45.5 Å². The lowest BCUT2D eigenvalue weighted by atomic mass is 9.95. The van der Waals surface area contributed by atoms with Crippen LogP contribution in [0.15, 0.2) is 142 Å². The second-order valence-corrected chi connectivity index (χ2v) is 16.6. The maximum atomic E-state index is 13.6. The second-order valence-electron chi connectivity index (χ2n) is 16.6. The van der Waals surface area contributed by atoms with Crippen LogP contribution in [0.3, 0.4) is 0 Å². The SMILES string of the molecule is CC(C)(C)C(Oc1ccc(-c2nc3ccccc3o2)cc1)Oc1ccc(C(=O)c2ccc(OC(Oc3ccc(-c4nc5ccccc5o4)cc3)C(C)(C)C)cc2O)c(O)c1. The van der Waals surface area contributed by atoms with Crippen molar-refractivity contribution in [2.45, 2.75) is 54.1 Å². The fourth-order valence-electron chi connectivity index (χ4n) is 6.29. The number of hydrogen-bond acceptors (Lipinski definition) is 11. The number of phenols is 2. The summed E-state index contributed by atoms with van der Waals surface area (Å²) in [5, 5.41) is 22.1. The van der Waals surface area contributed by atoms with E-state index >= 15 is 0 Å². The number of aromatic nitrogens is 2. The number of phenolic OH excluding ortho intramolecular Hbond substituents is 2. The first-order valence-electron chi connectivity index (χ1n) is 19.5. The summed E-state index contributed by atoms with van der Waals surface area (Å²) in [6.45, 7) is 11.8. The zero-order valence-corrected chi connectivity index (χ0v) is 34.0. The number of ether oxygens (including phenoxy) is 4. The minimum Gasteiger partial charge on any atom is -0.507 e. The van der Waals surface area contributed by atoms with Crippen molar-refractivity contribution in [3.05, 3.63) is 145 Å². The Morgan fingerprint density at radius 3 is 1.20 bits per heavy atom. The first-order chi connectivity index (χ1) is 28.7.